The van der Waals surface area contributed by atoms with Gasteiger partial charge in [-0.15, -0.1) is 4.52 Å². The second-order valence-corrected chi connectivity index (χ2v) is 7.93. The van der Waals surface area contributed by atoms with Gasteiger partial charge in [0.1, 0.15) is 25.0 Å². The predicted molar refractivity (Wildman–Crippen MR) is 105 cm³/mol. The quantitative estimate of drug-likeness (QED) is 0.261. The number of ether oxygens (including phenoxy) is 2. The number of halogens is 1. The number of esters is 1. The van der Waals surface area contributed by atoms with E-state index in [9.17, 15) is 23.7 Å². The highest BCUT2D eigenvalue weighted by Gasteiger charge is 2.32. The lowest BCUT2D eigenvalue weighted by atomic mass is 10.3. The Bertz CT molecular complexity index is 829. The number of aliphatic hydroxyl groups excluding tert-OH is 1. The Labute approximate surface area is 173 Å². The summed E-state index contributed by atoms with van der Waals surface area (Å²) in [4.78, 5) is 25.7. The van der Waals surface area contributed by atoms with E-state index in [1.54, 1.807) is 20.8 Å². The average molecular weight is 454 g/mol. The summed E-state index contributed by atoms with van der Waals surface area (Å²) in [5.74, 6) is -0.623. The van der Waals surface area contributed by atoms with Crippen molar-refractivity contribution in [1.29, 1.82) is 0 Å². The minimum Gasteiger partial charge on any atom is -0.462 e. The number of alkyl halides is 1. The van der Waals surface area contributed by atoms with Gasteiger partial charge in [-0.3, -0.25) is 19.1 Å². The van der Waals surface area contributed by atoms with Crippen LogP contribution in [0.1, 0.15) is 39.5 Å². The molecule has 1 heterocycles. The molecule has 1 aromatic rings. The molecule has 0 aliphatic carbocycles. The van der Waals surface area contributed by atoms with Crippen LogP contribution in [-0.4, -0.2) is 51.8 Å². The van der Waals surface area contributed by atoms with Crippen LogP contribution in [0.15, 0.2) is 11.0 Å². The van der Waals surface area contributed by atoms with Crippen LogP contribution >= 0.6 is 20.4 Å². The van der Waals surface area contributed by atoms with Crippen LogP contribution in [0.3, 0.4) is 0 Å². The molecule has 0 bridgehead atoms. The number of hydrogen-bond acceptors (Lipinski definition) is 8. The Kier molecular flexibility index (Phi) is 10.2. The fourth-order valence-corrected chi connectivity index (χ4v) is 3.15. The highest BCUT2D eigenvalue weighted by molar-refractivity contribution is 7.71. The van der Waals surface area contributed by atoms with Crippen molar-refractivity contribution in [2.75, 3.05) is 6.61 Å². The van der Waals surface area contributed by atoms with E-state index >= 15 is 0 Å². The molecule has 0 aliphatic rings. The van der Waals surface area contributed by atoms with Crippen LogP contribution < -0.4 is 10.6 Å². The number of hydrogen-bond donors (Lipinski definition) is 3. The van der Waals surface area contributed by atoms with E-state index in [2.05, 4.69) is 10.1 Å². The van der Waals surface area contributed by atoms with Gasteiger partial charge in [0, 0.05) is 11.8 Å². The molecule has 164 valence electrons. The second kappa shape index (κ2) is 11.6. The maximum Gasteiger partial charge on any atom is 0.613 e. The van der Waals surface area contributed by atoms with Gasteiger partial charge in [-0.1, -0.05) is 5.09 Å². The number of aryl methyl sites for hydroxylation is 1. The molecule has 29 heavy (non-hydrogen) atoms. The Balaban J connectivity index is 2.69. The van der Waals surface area contributed by atoms with Crippen molar-refractivity contribution in [2.45, 2.75) is 65.5 Å². The van der Waals surface area contributed by atoms with Gasteiger partial charge >= 0.3 is 14.1 Å². The first-order valence-electron chi connectivity index (χ1n) is 8.78. The molecule has 0 fully saturated rings. The number of aromatic amines is 1. The molecule has 1 aromatic heterocycles. The average Bonchev–Trinajstić information content (AvgIpc) is 2.60. The fourth-order valence-electron chi connectivity index (χ4n) is 2.08. The number of H-pyrrole nitrogens is 1. The largest absolute Gasteiger partial charge is 0.613 e. The minimum absolute atomic E-state index is 0.0475. The molecular formula is C16H26FN3O7PS+. The molecule has 1 unspecified atom stereocenters. The van der Waals surface area contributed by atoms with E-state index in [-0.39, 0.29) is 16.4 Å². The number of aliphatic hydroxyl groups is 1. The molecule has 10 nitrogen and oxygen atoms in total. The van der Waals surface area contributed by atoms with E-state index in [0.29, 0.717) is 5.56 Å². The van der Waals surface area contributed by atoms with E-state index < -0.39 is 45.5 Å². The zero-order valence-corrected chi connectivity index (χ0v) is 18.5. The van der Waals surface area contributed by atoms with Gasteiger partial charge in [-0.2, -0.15) is 0 Å². The topological polar surface area (TPSA) is 132 Å². The number of rotatable bonds is 11. The van der Waals surface area contributed by atoms with Crippen molar-refractivity contribution >= 4 is 26.4 Å². The molecular weight excluding hydrogens is 428 g/mol. The molecule has 3 N–H and O–H groups in total. The van der Waals surface area contributed by atoms with Crippen LogP contribution in [-0.2, 0) is 23.4 Å². The number of carbonyl (C=O) groups is 1. The zero-order chi connectivity index (χ0) is 22.3. The summed E-state index contributed by atoms with van der Waals surface area (Å²) in [6, 6.07) is -0.919. The highest BCUT2D eigenvalue weighted by atomic mass is 32.1. The molecule has 13 heteroatoms. The van der Waals surface area contributed by atoms with Crippen LogP contribution in [0.4, 0.5) is 4.39 Å². The lowest BCUT2D eigenvalue weighted by Crippen LogP contribution is -2.35. The van der Waals surface area contributed by atoms with E-state index in [0.717, 1.165) is 0 Å². The van der Waals surface area contributed by atoms with Gasteiger partial charge in [0.2, 0.25) is 6.36 Å². The minimum atomic E-state index is -2.56. The first kappa shape index (κ1) is 25.5. The third kappa shape index (κ3) is 8.37. The molecule has 0 amide bonds. The molecule has 0 saturated heterocycles. The Morgan fingerprint density at radius 2 is 2.03 bits per heavy atom. The first-order chi connectivity index (χ1) is 13.4. The van der Waals surface area contributed by atoms with Gasteiger partial charge in [0.05, 0.1) is 6.10 Å². The summed E-state index contributed by atoms with van der Waals surface area (Å²) in [5, 5.41) is 11.7. The number of nitrogens with zero attached hydrogens (tertiary/aromatic N) is 1. The fraction of sp³-hybridized carbons (Fsp3) is 0.688. The summed E-state index contributed by atoms with van der Waals surface area (Å²) < 4.78 is 42.2. The van der Waals surface area contributed by atoms with E-state index in [1.807, 2.05) is 0 Å². The van der Waals surface area contributed by atoms with Crippen LogP contribution in [0, 0.1) is 11.7 Å². The van der Waals surface area contributed by atoms with Gasteiger partial charge in [0.25, 0.3) is 5.56 Å². The Morgan fingerprint density at radius 1 is 1.41 bits per heavy atom. The summed E-state index contributed by atoms with van der Waals surface area (Å²) in [7, 11) is -2.56. The maximum atomic E-state index is 13.5. The lowest BCUT2D eigenvalue weighted by Gasteiger charge is -2.23. The van der Waals surface area contributed by atoms with Gasteiger partial charge in [0.15, 0.2) is 4.77 Å². The molecule has 1 rings (SSSR count). The standard InChI is InChI=1S/C16H25FN3O7PS/c1-8(2)26-15(23)10(4)19-28(24)25-7-12(13(17)21)27-11(5)20-6-9(3)14(22)18-16(20)29/h6,8,10-13,21H,7H2,1-5H3,(H-,18,19,22,24,29)/p+1/t10-,11-,12-,13+/m0/s1. The smallest absolute Gasteiger partial charge is 0.462 e. The van der Waals surface area contributed by atoms with Crippen LogP contribution in [0.25, 0.3) is 0 Å². The molecule has 5 atom stereocenters. The van der Waals surface area contributed by atoms with Gasteiger partial charge in [-0.05, 0) is 51.4 Å². The third-order valence-electron chi connectivity index (χ3n) is 3.58. The molecule has 0 aromatic carbocycles. The van der Waals surface area contributed by atoms with E-state index in [1.165, 1.54) is 24.6 Å². The number of nitrogens with one attached hydrogen (secondary N) is 2. The SMILES string of the molecule is Cc1cn([C@H](C)O[C@@H](CO[P+](=O)N[C@@H](C)C(=O)OC(C)C)[C@@H](O)F)c(=S)[nH]c1=O. The molecule has 0 saturated carbocycles. The van der Waals surface area contributed by atoms with Gasteiger partial charge in [-0.25, -0.2) is 4.39 Å². The normalized spacial score (nSPS) is 16.2. The summed E-state index contributed by atoms with van der Waals surface area (Å²) in [6.07, 6.45) is -3.73. The molecule has 0 radical (unpaired) electrons. The van der Waals surface area contributed by atoms with Gasteiger partial charge < -0.3 is 14.6 Å². The zero-order valence-electron chi connectivity index (χ0n) is 16.7. The monoisotopic (exact) mass is 454 g/mol. The highest BCUT2D eigenvalue weighted by Crippen LogP contribution is 2.22. The van der Waals surface area contributed by atoms with E-state index in [4.69, 9.17) is 26.2 Å². The van der Waals surface area contributed by atoms with Crippen molar-refractivity contribution in [3.05, 3.63) is 26.9 Å². The summed E-state index contributed by atoms with van der Waals surface area (Å²) in [5.41, 5.74) is -0.00533. The first-order valence-corrected chi connectivity index (χ1v) is 10.4. The summed E-state index contributed by atoms with van der Waals surface area (Å²) >= 11 is 5.04. The Morgan fingerprint density at radius 3 is 2.59 bits per heavy atom. The van der Waals surface area contributed by atoms with Crippen molar-refractivity contribution < 1.29 is 32.9 Å². The predicted octanol–water partition coefficient (Wildman–Crippen LogP) is 2.01. The van der Waals surface area contributed by atoms with Crippen molar-refractivity contribution in [1.82, 2.24) is 14.6 Å². The Hall–Kier alpha value is -1.56. The van der Waals surface area contributed by atoms with Crippen molar-refractivity contribution in [2.24, 2.45) is 0 Å². The van der Waals surface area contributed by atoms with Crippen LogP contribution in [0.5, 0.6) is 0 Å². The van der Waals surface area contributed by atoms with Crippen molar-refractivity contribution in [3.8, 4) is 0 Å². The third-order valence-corrected chi connectivity index (χ3v) is 4.87. The molecule has 0 aliphatic heterocycles. The molecule has 0 spiro atoms. The second-order valence-electron chi connectivity index (χ2n) is 6.51. The number of aromatic nitrogens is 2. The number of carbonyl (C=O) groups excluding carboxylic acids is 1. The summed E-state index contributed by atoms with van der Waals surface area (Å²) in [6.45, 7) is 7.27. The lowest BCUT2D eigenvalue weighted by molar-refractivity contribution is -0.153. The van der Waals surface area contributed by atoms with Crippen molar-refractivity contribution in [3.63, 3.8) is 0 Å². The maximum absolute atomic E-state index is 13.5. The van der Waals surface area contributed by atoms with Crippen LogP contribution in [0.2, 0.25) is 0 Å².